The quantitative estimate of drug-likeness (QED) is 0.385. The molecule has 1 heterocycles. The Kier molecular flexibility index (Phi) is 5.85. The number of nitrogens with one attached hydrogen (secondary N) is 1. The molecular formula is C24H21ClN2O3S. The molecule has 31 heavy (non-hydrogen) atoms. The number of sulfone groups is 1. The average Bonchev–Trinajstić information content (AvgIpc) is 3.19. The summed E-state index contributed by atoms with van der Waals surface area (Å²) in [6, 6.07) is 21.5. The van der Waals surface area contributed by atoms with Crippen molar-refractivity contribution >= 4 is 27.3 Å². The van der Waals surface area contributed by atoms with Gasteiger partial charge in [-0.3, -0.25) is 0 Å². The zero-order valence-electron chi connectivity index (χ0n) is 17.1. The second-order valence-corrected chi connectivity index (χ2v) is 9.62. The summed E-state index contributed by atoms with van der Waals surface area (Å²) in [7, 11) is -3.88. The molecular weight excluding hydrogens is 432 g/mol. The third kappa shape index (κ3) is 4.65. The molecule has 0 aliphatic carbocycles. The van der Waals surface area contributed by atoms with E-state index < -0.39 is 9.84 Å². The van der Waals surface area contributed by atoms with Gasteiger partial charge in [-0.2, -0.15) is 4.98 Å². The highest BCUT2D eigenvalue weighted by Gasteiger charge is 2.28. The van der Waals surface area contributed by atoms with Crippen LogP contribution >= 0.6 is 11.6 Å². The van der Waals surface area contributed by atoms with Crippen molar-refractivity contribution in [2.24, 2.45) is 0 Å². The fourth-order valence-electron chi connectivity index (χ4n) is 3.12. The zero-order chi connectivity index (χ0) is 22.0. The van der Waals surface area contributed by atoms with Crippen molar-refractivity contribution in [1.29, 1.82) is 0 Å². The predicted molar refractivity (Wildman–Crippen MR) is 122 cm³/mol. The van der Waals surface area contributed by atoms with Crippen molar-refractivity contribution in [3.05, 3.63) is 94.5 Å². The molecule has 7 heteroatoms. The second-order valence-electron chi connectivity index (χ2n) is 7.32. The molecule has 0 saturated heterocycles. The first kappa shape index (κ1) is 21.2. The third-order valence-electron chi connectivity index (χ3n) is 4.81. The molecule has 3 aromatic carbocycles. The number of aromatic nitrogens is 1. The van der Waals surface area contributed by atoms with E-state index in [1.807, 2.05) is 50.2 Å². The molecule has 0 fully saturated rings. The van der Waals surface area contributed by atoms with E-state index in [4.69, 9.17) is 16.0 Å². The maximum atomic E-state index is 13.4. The van der Waals surface area contributed by atoms with Crippen LogP contribution in [0.3, 0.4) is 0 Å². The van der Waals surface area contributed by atoms with Gasteiger partial charge in [-0.05, 0) is 55.8 Å². The van der Waals surface area contributed by atoms with Crippen molar-refractivity contribution in [2.75, 3.05) is 5.32 Å². The average molecular weight is 453 g/mol. The van der Waals surface area contributed by atoms with Gasteiger partial charge in [0.1, 0.15) is 0 Å². The normalized spacial score (nSPS) is 11.5. The Bertz CT molecular complexity index is 1310. The van der Waals surface area contributed by atoms with Crippen LogP contribution in [0, 0.1) is 13.8 Å². The van der Waals surface area contributed by atoms with E-state index in [2.05, 4.69) is 10.3 Å². The molecule has 1 aromatic heterocycles. The van der Waals surface area contributed by atoms with E-state index in [1.165, 1.54) is 0 Å². The third-order valence-corrected chi connectivity index (χ3v) is 6.74. The van der Waals surface area contributed by atoms with Crippen LogP contribution < -0.4 is 5.32 Å². The van der Waals surface area contributed by atoms with Gasteiger partial charge in [0.2, 0.25) is 26.6 Å². The summed E-state index contributed by atoms with van der Waals surface area (Å²) < 4.78 is 32.6. The highest BCUT2D eigenvalue weighted by atomic mass is 35.5. The maximum absolute atomic E-state index is 13.4. The largest absolute Gasteiger partial charge is 0.419 e. The summed E-state index contributed by atoms with van der Waals surface area (Å²) in [6.07, 6.45) is 0. The van der Waals surface area contributed by atoms with Gasteiger partial charge in [0.05, 0.1) is 4.90 Å². The van der Waals surface area contributed by atoms with Gasteiger partial charge in [0.15, 0.2) is 0 Å². The Morgan fingerprint density at radius 3 is 2.32 bits per heavy atom. The van der Waals surface area contributed by atoms with Crippen molar-refractivity contribution in [1.82, 2.24) is 4.98 Å². The van der Waals surface area contributed by atoms with Crippen LogP contribution in [0.15, 0.2) is 87.1 Å². The molecule has 1 N–H and O–H groups in total. The van der Waals surface area contributed by atoms with Crippen LogP contribution in [-0.2, 0) is 16.4 Å². The molecule has 0 spiro atoms. The number of nitrogens with zero attached hydrogens (tertiary/aromatic N) is 1. The molecule has 0 aliphatic rings. The van der Waals surface area contributed by atoms with Gasteiger partial charge in [0, 0.05) is 17.1 Å². The fourth-order valence-corrected chi connectivity index (χ4v) is 4.52. The monoisotopic (exact) mass is 452 g/mol. The number of hydrogen-bond donors (Lipinski definition) is 1. The summed E-state index contributed by atoms with van der Waals surface area (Å²) in [5, 5.41) is 3.58. The lowest BCUT2D eigenvalue weighted by Crippen LogP contribution is -2.07. The van der Waals surface area contributed by atoms with Gasteiger partial charge >= 0.3 is 0 Å². The van der Waals surface area contributed by atoms with Crippen LogP contribution in [0.1, 0.15) is 16.7 Å². The van der Waals surface area contributed by atoms with E-state index in [1.54, 1.807) is 36.4 Å². The van der Waals surface area contributed by atoms with Gasteiger partial charge in [0.25, 0.3) is 0 Å². The Balaban J connectivity index is 1.76. The van der Waals surface area contributed by atoms with Crippen molar-refractivity contribution in [3.8, 4) is 11.5 Å². The van der Waals surface area contributed by atoms with E-state index >= 15 is 0 Å². The molecule has 0 amide bonds. The Morgan fingerprint density at radius 2 is 1.65 bits per heavy atom. The lowest BCUT2D eigenvalue weighted by Gasteiger charge is -2.07. The van der Waals surface area contributed by atoms with Crippen molar-refractivity contribution in [2.45, 2.75) is 30.3 Å². The highest BCUT2D eigenvalue weighted by Crippen LogP contribution is 2.33. The summed E-state index contributed by atoms with van der Waals surface area (Å²) in [5.41, 5.74) is 3.63. The molecule has 4 aromatic rings. The predicted octanol–water partition coefficient (Wildman–Crippen LogP) is 6.06. The fraction of sp³-hybridized carbons (Fsp3) is 0.125. The van der Waals surface area contributed by atoms with E-state index in [0.29, 0.717) is 17.1 Å². The molecule has 0 radical (unpaired) electrons. The van der Waals surface area contributed by atoms with Crippen molar-refractivity contribution in [3.63, 3.8) is 0 Å². The zero-order valence-corrected chi connectivity index (χ0v) is 18.7. The number of halogens is 1. The topological polar surface area (TPSA) is 72.2 Å². The number of benzene rings is 3. The number of oxazole rings is 1. The molecule has 158 valence electrons. The second kappa shape index (κ2) is 8.57. The van der Waals surface area contributed by atoms with Gasteiger partial charge in [-0.15, -0.1) is 0 Å². The minimum atomic E-state index is -3.88. The van der Waals surface area contributed by atoms with E-state index in [9.17, 15) is 8.42 Å². The molecule has 0 bridgehead atoms. The van der Waals surface area contributed by atoms with Crippen LogP contribution in [0.2, 0.25) is 5.02 Å². The molecule has 0 unspecified atom stereocenters. The number of anilines is 1. The lowest BCUT2D eigenvalue weighted by molar-refractivity contribution is 0.576. The summed E-state index contributed by atoms with van der Waals surface area (Å²) in [6.45, 7) is 4.22. The minimum Gasteiger partial charge on any atom is -0.419 e. The number of hydrogen-bond acceptors (Lipinski definition) is 5. The SMILES string of the molecule is Cc1ccc(S(=O)(=O)c2nc(-c3cccc(C)c3)oc2NCc2ccc(Cl)cc2)cc1. The van der Waals surface area contributed by atoms with Gasteiger partial charge in [-0.1, -0.05) is 59.1 Å². The van der Waals surface area contributed by atoms with Crippen LogP contribution in [-0.4, -0.2) is 13.4 Å². The molecule has 0 atom stereocenters. The van der Waals surface area contributed by atoms with E-state index in [0.717, 1.165) is 16.7 Å². The van der Waals surface area contributed by atoms with Crippen LogP contribution in [0.5, 0.6) is 0 Å². The number of rotatable bonds is 6. The Morgan fingerprint density at radius 1 is 0.935 bits per heavy atom. The lowest BCUT2D eigenvalue weighted by atomic mass is 10.1. The van der Waals surface area contributed by atoms with Crippen LogP contribution in [0.25, 0.3) is 11.5 Å². The molecule has 0 aliphatic heterocycles. The molecule has 5 nitrogen and oxygen atoms in total. The first-order valence-electron chi connectivity index (χ1n) is 9.71. The minimum absolute atomic E-state index is 0.104. The summed E-state index contributed by atoms with van der Waals surface area (Å²) in [5.74, 6) is 0.347. The van der Waals surface area contributed by atoms with Gasteiger partial charge < -0.3 is 9.73 Å². The standard InChI is InChI=1S/C24H21ClN2O3S/c1-16-6-12-21(13-7-16)31(28,29)24-23(26-15-18-8-10-20(25)11-9-18)30-22(27-24)19-5-3-4-17(2)14-19/h3-14,26H,15H2,1-2H3. The number of aryl methyl sites for hydroxylation is 2. The summed E-state index contributed by atoms with van der Waals surface area (Å²) in [4.78, 5) is 4.54. The first-order chi connectivity index (χ1) is 14.8. The van der Waals surface area contributed by atoms with Crippen LogP contribution in [0.4, 0.5) is 5.88 Å². The smallest absolute Gasteiger partial charge is 0.234 e. The Labute approximate surface area is 186 Å². The molecule has 4 rings (SSSR count). The van der Waals surface area contributed by atoms with E-state index in [-0.39, 0.29) is 21.7 Å². The molecule has 0 saturated carbocycles. The first-order valence-corrected chi connectivity index (χ1v) is 11.6. The highest BCUT2D eigenvalue weighted by molar-refractivity contribution is 7.91. The van der Waals surface area contributed by atoms with Gasteiger partial charge in [-0.25, -0.2) is 8.42 Å². The maximum Gasteiger partial charge on any atom is 0.234 e. The summed E-state index contributed by atoms with van der Waals surface area (Å²) >= 11 is 5.95. The van der Waals surface area contributed by atoms with Crippen molar-refractivity contribution < 1.29 is 12.8 Å². The Hall–Kier alpha value is -3.09.